The van der Waals surface area contributed by atoms with Crippen LogP contribution in [-0.4, -0.2) is 19.2 Å². The Labute approximate surface area is 145 Å². The molecule has 8 heteroatoms. The van der Waals surface area contributed by atoms with E-state index in [1.54, 1.807) is 0 Å². The summed E-state index contributed by atoms with van der Waals surface area (Å²) in [7, 11) is 0. The zero-order chi connectivity index (χ0) is 18.8. The van der Waals surface area contributed by atoms with E-state index >= 15 is 0 Å². The first-order chi connectivity index (χ1) is 12.4. The van der Waals surface area contributed by atoms with E-state index in [0.717, 1.165) is 0 Å². The van der Waals surface area contributed by atoms with Gasteiger partial charge in [0.2, 0.25) is 0 Å². The molecule has 0 aromatic heterocycles. The van der Waals surface area contributed by atoms with E-state index in [1.807, 2.05) is 0 Å². The minimum Gasteiger partial charge on any atom is -0.365 e. The summed E-state index contributed by atoms with van der Waals surface area (Å²) >= 11 is 0. The van der Waals surface area contributed by atoms with Crippen molar-refractivity contribution >= 4 is 0 Å². The van der Waals surface area contributed by atoms with E-state index in [4.69, 9.17) is 4.74 Å². The number of benzene rings is 2. The fourth-order valence-electron chi connectivity index (χ4n) is 3.01. The summed E-state index contributed by atoms with van der Waals surface area (Å²) in [6.07, 6.45) is -1.45. The number of hydrogen-bond acceptors (Lipinski definition) is 2. The molecule has 0 radical (unpaired) electrons. The van der Waals surface area contributed by atoms with E-state index in [2.05, 4.69) is 5.32 Å². The van der Waals surface area contributed by atoms with Crippen LogP contribution in [0.5, 0.6) is 0 Å². The summed E-state index contributed by atoms with van der Waals surface area (Å²) in [6.45, 7) is 1.11. The molecule has 0 unspecified atom stereocenters. The zero-order valence-corrected chi connectivity index (χ0v) is 13.5. The molecule has 1 aliphatic heterocycles. The van der Waals surface area contributed by atoms with Crippen LogP contribution >= 0.6 is 0 Å². The Kier molecular flexibility index (Phi) is 5.52. The Balaban J connectivity index is 2.11. The van der Waals surface area contributed by atoms with Gasteiger partial charge in [0, 0.05) is 24.3 Å². The first-order valence-corrected chi connectivity index (χ1v) is 8.02. The molecule has 3 rings (SSSR count). The molecule has 0 amide bonds. The largest absolute Gasteiger partial charge is 0.365 e. The molecular formula is C18H15F6NO. The van der Waals surface area contributed by atoms with Crippen LogP contribution in [0.1, 0.15) is 30.1 Å². The molecule has 1 N–H and O–H groups in total. The maximum Gasteiger partial charge on any atom is 0.135 e. The summed E-state index contributed by atoms with van der Waals surface area (Å²) in [5, 5.41) is 3.05. The first-order valence-electron chi connectivity index (χ1n) is 8.02. The molecule has 26 heavy (non-hydrogen) atoms. The van der Waals surface area contributed by atoms with Crippen molar-refractivity contribution in [3.63, 3.8) is 0 Å². The number of ether oxygens (including phenoxy) is 1. The summed E-state index contributed by atoms with van der Waals surface area (Å²) in [6, 6.07) is 1.60. The fraction of sp³-hybridized carbons (Fsp3) is 0.333. The van der Waals surface area contributed by atoms with Crippen molar-refractivity contribution in [3.05, 3.63) is 70.3 Å². The molecule has 1 fully saturated rings. The molecule has 0 atom stereocenters. The van der Waals surface area contributed by atoms with Gasteiger partial charge >= 0.3 is 0 Å². The van der Waals surface area contributed by atoms with Crippen LogP contribution in [0, 0.1) is 34.9 Å². The Morgan fingerprint density at radius 2 is 1.12 bits per heavy atom. The molecular weight excluding hydrogens is 360 g/mol. The lowest BCUT2D eigenvalue weighted by Gasteiger charge is -2.29. The number of piperidine rings is 1. The van der Waals surface area contributed by atoms with Crippen LogP contribution in [-0.2, 0) is 4.74 Å². The standard InChI is InChI=1S/C18H15F6NO/c19-9-5-12(21)16(13(22)6-9)18(26-11-1-3-25-4-2-11)17-14(23)7-10(20)8-15(17)24/h5-8,11,18,25H,1-4H2. The smallest absolute Gasteiger partial charge is 0.135 e. The van der Waals surface area contributed by atoms with Crippen LogP contribution in [0.2, 0.25) is 0 Å². The number of nitrogens with one attached hydrogen (secondary N) is 1. The Hall–Kier alpha value is -2.06. The molecule has 0 aliphatic carbocycles. The highest BCUT2D eigenvalue weighted by Gasteiger charge is 2.32. The number of rotatable bonds is 4. The number of halogens is 6. The van der Waals surface area contributed by atoms with E-state index in [1.165, 1.54) is 0 Å². The van der Waals surface area contributed by atoms with Crippen molar-refractivity contribution in [1.82, 2.24) is 5.32 Å². The highest BCUT2D eigenvalue weighted by Crippen LogP contribution is 2.36. The van der Waals surface area contributed by atoms with Crippen LogP contribution in [0.3, 0.4) is 0 Å². The topological polar surface area (TPSA) is 21.3 Å². The average molecular weight is 375 g/mol. The van der Waals surface area contributed by atoms with Gasteiger partial charge in [-0.25, -0.2) is 26.3 Å². The van der Waals surface area contributed by atoms with Crippen LogP contribution in [0.4, 0.5) is 26.3 Å². The summed E-state index contributed by atoms with van der Waals surface area (Å²) < 4.78 is 89.1. The molecule has 0 saturated carbocycles. The summed E-state index contributed by atoms with van der Waals surface area (Å²) in [5.74, 6) is -7.72. The zero-order valence-electron chi connectivity index (χ0n) is 13.5. The molecule has 1 saturated heterocycles. The van der Waals surface area contributed by atoms with Crippen molar-refractivity contribution in [1.29, 1.82) is 0 Å². The second-order valence-electron chi connectivity index (χ2n) is 6.03. The molecule has 2 aromatic carbocycles. The lowest BCUT2D eigenvalue weighted by molar-refractivity contribution is -0.0141. The van der Waals surface area contributed by atoms with Gasteiger partial charge in [-0.2, -0.15) is 0 Å². The molecule has 1 heterocycles. The SMILES string of the molecule is Fc1cc(F)c(C(OC2CCNCC2)c2c(F)cc(F)cc2F)c(F)c1. The highest BCUT2D eigenvalue weighted by atomic mass is 19.2. The third-order valence-corrected chi connectivity index (χ3v) is 4.23. The van der Waals surface area contributed by atoms with Gasteiger partial charge in [-0.05, 0) is 25.9 Å². The number of hydrogen-bond donors (Lipinski definition) is 1. The van der Waals surface area contributed by atoms with E-state index in [0.29, 0.717) is 50.2 Å². The Morgan fingerprint density at radius 3 is 1.50 bits per heavy atom. The van der Waals surface area contributed by atoms with Crippen LogP contribution in [0.15, 0.2) is 24.3 Å². The predicted molar refractivity (Wildman–Crippen MR) is 81.5 cm³/mol. The quantitative estimate of drug-likeness (QED) is 0.801. The minimum absolute atomic E-state index is 0.399. The third kappa shape index (κ3) is 3.86. The maximum absolute atomic E-state index is 14.3. The molecule has 140 valence electrons. The molecule has 0 spiro atoms. The maximum atomic E-state index is 14.3. The lowest BCUT2D eigenvalue weighted by Crippen LogP contribution is -2.34. The highest BCUT2D eigenvalue weighted by molar-refractivity contribution is 5.35. The summed E-state index contributed by atoms with van der Waals surface area (Å²) in [5.41, 5.74) is -1.65. The van der Waals surface area contributed by atoms with Gasteiger partial charge in [0.1, 0.15) is 41.0 Å². The van der Waals surface area contributed by atoms with Crippen molar-refractivity contribution in [3.8, 4) is 0 Å². The van der Waals surface area contributed by atoms with Crippen molar-refractivity contribution in [2.45, 2.75) is 25.0 Å². The van der Waals surface area contributed by atoms with Gasteiger partial charge in [0.15, 0.2) is 0 Å². The Morgan fingerprint density at radius 1 is 0.731 bits per heavy atom. The molecule has 2 nitrogen and oxygen atoms in total. The second-order valence-corrected chi connectivity index (χ2v) is 6.03. The van der Waals surface area contributed by atoms with Crippen LogP contribution < -0.4 is 5.32 Å². The Bertz CT molecular complexity index is 703. The molecule has 1 aliphatic rings. The van der Waals surface area contributed by atoms with Gasteiger partial charge in [0.05, 0.1) is 17.2 Å². The van der Waals surface area contributed by atoms with Gasteiger partial charge in [-0.15, -0.1) is 0 Å². The molecule has 0 bridgehead atoms. The normalized spacial score (nSPS) is 15.7. The van der Waals surface area contributed by atoms with Gasteiger partial charge in [-0.1, -0.05) is 0 Å². The van der Waals surface area contributed by atoms with Crippen LogP contribution in [0.25, 0.3) is 0 Å². The fourth-order valence-corrected chi connectivity index (χ4v) is 3.01. The van der Waals surface area contributed by atoms with Gasteiger partial charge in [0.25, 0.3) is 0 Å². The van der Waals surface area contributed by atoms with Crippen molar-refractivity contribution in [2.75, 3.05) is 13.1 Å². The minimum atomic E-state index is -1.82. The average Bonchev–Trinajstić information content (AvgIpc) is 2.53. The second kappa shape index (κ2) is 7.67. The van der Waals surface area contributed by atoms with E-state index in [-0.39, 0.29) is 0 Å². The van der Waals surface area contributed by atoms with Gasteiger partial charge < -0.3 is 10.1 Å². The lowest BCUT2D eigenvalue weighted by atomic mass is 9.97. The van der Waals surface area contributed by atoms with E-state index < -0.39 is 58.2 Å². The van der Waals surface area contributed by atoms with E-state index in [9.17, 15) is 26.3 Å². The summed E-state index contributed by atoms with van der Waals surface area (Å²) in [4.78, 5) is 0. The van der Waals surface area contributed by atoms with Gasteiger partial charge in [-0.3, -0.25) is 0 Å². The van der Waals surface area contributed by atoms with Crippen molar-refractivity contribution in [2.24, 2.45) is 0 Å². The monoisotopic (exact) mass is 375 g/mol. The molecule has 2 aromatic rings. The first kappa shape index (κ1) is 18.7. The third-order valence-electron chi connectivity index (χ3n) is 4.23. The predicted octanol–water partition coefficient (Wildman–Crippen LogP) is 4.38. The van der Waals surface area contributed by atoms with Crippen molar-refractivity contribution < 1.29 is 31.1 Å².